The van der Waals surface area contributed by atoms with E-state index >= 15 is 0 Å². The van der Waals surface area contributed by atoms with Crippen LogP contribution in [0.15, 0.2) is 5.16 Å². The van der Waals surface area contributed by atoms with Crippen LogP contribution in [0.5, 0.6) is 0 Å². The van der Waals surface area contributed by atoms with Gasteiger partial charge in [-0.3, -0.25) is 0 Å². The van der Waals surface area contributed by atoms with Crippen LogP contribution in [0.2, 0.25) is 0 Å². The summed E-state index contributed by atoms with van der Waals surface area (Å²) in [5.41, 5.74) is 0. The summed E-state index contributed by atoms with van der Waals surface area (Å²) in [6, 6.07) is 0. The number of hydrogen-bond donors (Lipinski definition) is 0. The first kappa shape index (κ1) is 11.9. The summed E-state index contributed by atoms with van der Waals surface area (Å²) >= 11 is 1.52. The molecule has 2 aromatic rings. The Balaban J connectivity index is 2.74. The first-order valence-corrected chi connectivity index (χ1v) is 6.29. The molecular formula is C9H15N7S. The third-order valence-corrected chi connectivity index (χ3v) is 2.83. The number of thioether (sulfide) groups is 1. The summed E-state index contributed by atoms with van der Waals surface area (Å²) in [7, 11) is 7.67. The Bertz CT molecular complexity index is 533. The molecule has 0 saturated carbocycles. The van der Waals surface area contributed by atoms with Gasteiger partial charge in [-0.1, -0.05) is 11.8 Å². The minimum atomic E-state index is 0.566. The van der Waals surface area contributed by atoms with Gasteiger partial charge >= 0.3 is 0 Å². The summed E-state index contributed by atoms with van der Waals surface area (Å²) in [6.07, 6.45) is 1.95. The maximum Gasteiger partial charge on any atom is 0.261 e. The van der Waals surface area contributed by atoms with E-state index in [0.29, 0.717) is 11.7 Å². The van der Waals surface area contributed by atoms with Crippen LogP contribution < -0.4 is 9.80 Å². The quantitative estimate of drug-likeness (QED) is 0.732. The fourth-order valence-electron chi connectivity index (χ4n) is 1.40. The zero-order chi connectivity index (χ0) is 12.6. The minimum absolute atomic E-state index is 0.566. The summed E-state index contributed by atoms with van der Waals surface area (Å²) in [4.78, 5) is 12.6. The lowest BCUT2D eigenvalue weighted by molar-refractivity contribution is 0.847. The molecular weight excluding hydrogens is 238 g/mol. The summed E-state index contributed by atoms with van der Waals surface area (Å²) in [6.45, 7) is 0. The van der Waals surface area contributed by atoms with Crippen molar-refractivity contribution >= 4 is 29.4 Å². The molecule has 0 N–H and O–H groups in total. The molecule has 0 spiro atoms. The van der Waals surface area contributed by atoms with Crippen molar-refractivity contribution in [1.82, 2.24) is 24.6 Å². The predicted octanol–water partition coefficient (Wildman–Crippen LogP) is 0.373. The standard InChI is InChI=1S/C9H15N7S/c1-14(2)6-10-7-12-13-9(17-5)16(7)8(11-6)15(3)4/h1-5H3. The van der Waals surface area contributed by atoms with Crippen LogP contribution >= 0.6 is 11.8 Å². The molecule has 2 heterocycles. The highest BCUT2D eigenvalue weighted by atomic mass is 32.2. The van der Waals surface area contributed by atoms with Crippen LogP contribution in [0.3, 0.4) is 0 Å². The van der Waals surface area contributed by atoms with Crippen molar-refractivity contribution in [2.45, 2.75) is 5.16 Å². The molecule has 92 valence electrons. The first-order valence-electron chi connectivity index (χ1n) is 5.06. The molecule has 0 bridgehead atoms. The van der Waals surface area contributed by atoms with Gasteiger partial charge in [0.2, 0.25) is 11.9 Å². The molecule has 7 nitrogen and oxygen atoms in total. The van der Waals surface area contributed by atoms with Crippen molar-refractivity contribution in [2.75, 3.05) is 44.2 Å². The SMILES string of the molecule is CSc1nnc2nc(N(C)C)nc(N(C)C)n12. The molecule has 0 aromatic carbocycles. The minimum Gasteiger partial charge on any atom is -0.348 e. The lowest BCUT2D eigenvalue weighted by Gasteiger charge is -2.17. The van der Waals surface area contributed by atoms with E-state index in [1.54, 1.807) is 0 Å². The molecule has 0 amide bonds. The highest BCUT2D eigenvalue weighted by Gasteiger charge is 2.15. The fraction of sp³-hybridized carbons (Fsp3) is 0.556. The molecule has 17 heavy (non-hydrogen) atoms. The zero-order valence-electron chi connectivity index (χ0n) is 10.5. The number of rotatable bonds is 3. The monoisotopic (exact) mass is 253 g/mol. The van der Waals surface area contributed by atoms with Crippen LogP contribution in [0, 0.1) is 0 Å². The van der Waals surface area contributed by atoms with E-state index in [4.69, 9.17) is 0 Å². The zero-order valence-corrected chi connectivity index (χ0v) is 11.4. The van der Waals surface area contributed by atoms with Gasteiger partial charge in [-0.15, -0.1) is 10.2 Å². The van der Waals surface area contributed by atoms with Crippen LogP contribution in [0.25, 0.3) is 5.78 Å². The summed E-state index contributed by atoms with van der Waals surface area (Å²) < 4.78 is 1.84. The van der Waals surface area contributed by atoms with Crippen LogP contribution in [-0.2, 0) is 0 Å². The number of anilines is 2. The van der Waals surface area contributed by atoms with E-state index in [2.05, 4.69) is 20.2 Å². The van der Waals surface area contributed by atoms with Crippen molar-refractivity contribution in [3.63, 3.8) is 0 Å². The second kappa shape index (κ2) is 4.36. The van der Waals surface area contributed by atoms with Crippen LogP contribution in [0.4, 0.5) is 11.9 Å². The van der Waals surface area contributed by atoms with Gasteiger partial charge in [0, 0.05) is 28.2 Å². The van der Waals surface area contributed by atoms with Crippen LogP contribution in [0.1, 0.15) is 0 Å². The van der Waals surface area contributed by atoms with E-state index in [-0.39, 0.29) is 0 Å². The van der Waals surface area contributed by atoms with Gasteiger partial charge in [0.1, 0.15) is 0 Å². The molecule has 0 atom stereocenters. The first-order chi connectivity index (χ1) is 8.04. The Morgan fingerprint density at radius 3 is 2.24 bits per heavy atom. The maximum absolute atomic E-state index is 4.49. The molecule has 0 aliphatic rings. The fourth-order valence-corrected chi connectivity index (χ4v) is 1.86. The van der Waals surface area contributed by atoms with Gasteiger partial charge in [-0.05, 0) is 6.26 Å². The Kier molecular flexibility index (Phi) is 3.05. The van der Waals surface area contributed by atoms with E-state index in [1.165, 1.54) is 11.8 Å². The molecule has 8 heteroatoms. The normalized spacial score (nSPS) is 10.9. The molecule has 2 rings (SSSR count). The van der Waals surface area contributed by atoms with Crippen molar-refractivity contribution in [2.24, 2.45) is 0 Å². The maximum atomic E-state index is 4.49. The predicted molar refractivity (Wildman–Crippen MR) is 69.0 cm³/mol. The average molecular weight is 253 g/mol. The van der Waals surface area contributed by atoms with Gasteiger partial charge < -0.3 is 9.80 Å². The number of nitrogens with zero attached hydrogens (tertiary/aromatic N) is 7. The second-order valence-corrected chi connectivity index (χ2v) is 4.71. The van der Waals surface area contributed by atoms with Crippen molar-refractivity contribution < 1.29 is 0 Å². The molecule has 0 fully saturated rings. The lowest BCUT2D eigenvalue weighted by Crippen LogP contribution is -2.20. The Morgan fingerprint density at radius 2 is 1.71 bits per heavy atom. The smallest absolute Gasteiger partial charge is 0.261 e. The van der Waals surface area contributed by atoms with Gasteiger partial charge in [0.05, 0.1) is 0 Å². The van der Waals surface area contributed by atoms with E-state index in [9.17, 15) is 0 Å². The van der Waals surface area contributed by atoms with Gasteiger partial charge in [0.15, 0.2) is 5.16 Å². The topological polar surface area (TPSA) is 62.5 Å². The van der Waals surface area contributed by atoms with Crippen molar-refractivity contribution in [3.8, 4) is 0 Å². The molecule has 0 saturated heterocycles. The molecule has 0 radical (unpaired) electrons. The molecule has 0 unspecified atom stereocenters. The summed E-state index contributed by atoms with van der Waals surface area (Å²) in [5.74, 6) is 1.96. The van der Waals surface area contributed by atoms with E-state index in [1.807, 2.05) is 48.6 Å². The average Bonchev–Trinajstić information content (AvgIpc) is 2.70. The second-order valence-electron chi connectivity index (χ2n) is 3.93. The Hall–Kier alpha value is -1.57. The molecule has 2 aromatic heterocycles. The van der Waals surface area contributed by atoms with Crippen molar-refractivity contribution in [3.05, 3.63) is 0 Å². The largest absolute Gasteiger partial charge is 0.348 e. The molecule has 0 aliphatic carbocycles. The highest BCUT2D eigenvalue weighted by molar-refractivity contribution is 7.98. The number of hydrogen-bond acceptors (Lipinski definition) is 7. The van der Waals surface area contributed by atoms with E-state index in [0.717, 1.165) is 11.1 Å². The third kappa shape index (κ3) is 1.99. The Labute approximate surface area is 104 Å². The Morgan fingerprint density at radius 1 is 1.00 bits per heavy atom. The van der Waals surface area contributed by atoms with Crippen molar-refractivity contribution in [1.29, 1.82) is 0 Å². The number of aromatic nitrogens is 5. The summed E-state index contributed by atoms with van der Waals surface area (Å²) in [5, 5.41) is 8.93. The van der Waals surface area contributed by atoms with Gasteiger partial charge in [0.25, 0.3) is 5.78 Å². The third-order valence-electron chi connectivity index (χ3n) is 2.20. The van der Waals surface area contributed by atoms with Gasteiger partial charge in [-0.25, -0.2) is 4.40 Å². The molecule has 0 aliphatic heterocycles. The van der Waals surface area contributed by atoms with Crippen LogP contribution in [-0.4, -0.2) is 59.0 Å². The lowest BCUT2D eigenvalue weighted by atomic mass is 10.7. The highest BCUT2D eigenvalue weighted by Crippen LogP contribution is 2.20. The van der Waals surface area contributed by atoms with Gasteiger partial charge in [-0.2, -0.15) is 9.97 Å². The van der Waals surface area contributed by atoms with E-state index < -0.39 is 0 Å². The number of fused-ring (bicyclic) bond motifs is 1.